The van der Waals surface area contributed by atoms with Crippen LogP contribution in [0.2, 0.25) is 0 Å². The summed E-state index contributed by atoms with van der Waals surface area (Å²) < 4.78 is 5.41. The van der Waals surface area contributed by atoms with Crippen molar-refractivity contribution in [2.75, 3.05) is 6.54 Å². The van der Waals surface area contributed by atoms with Crippen LogP contribution in [0.3, 0.4) is 0 Å². The molecule has 0 unspecified atom stereocenters. The molecule has 3 atom stereocenters. The summed E-state index contributed by atoms with van der Waals surface area (Å²) in [7, 11) is 0. The van der Waals surface area contributed by atoms with Crippen LogP contribution in [-0.2, 0) is 4.79 Å². The molecular weight excluding hydrogens is 330 g/mol. The van der Waals surface area contributed by atoms with Gasteiger partial charge >= 0.3 is 0 Å². The number of nitrogens with one attached hydrogen (secondary N) is 1. The van der Waals surface area contributed by atoms with Gasteiger partial charge in [0.2, 0.25) is 11.8 Å². The number of carbonyl (C=O) groups excluding carboxylic acids is 1. The van der Waals surface area contributed by atoms with Crippen molar-refractivity contribution in [2.24, 2.45) is 11.8 Å². The first kappa shape index (κ1) is 17.7. The van der Waals surface area contributed by atoms with E-state index in [1.807, 2.05) is 0 Å². The molecule has 3 aliphatic rings. The Morgan fingerprint density at radius 3 is 2.73 bits per heavy atom. The molecule has 0 saturated heterocycles. The average molecular weight is 359 g/mol. The van der Waals surface area contributed by atoms with Gasteiger partial charge in [-0.15, -0.1) is 0 Å². The molecule has 6 heteroatoms. The third-order valence-corrected chi connectivity index (χ3v) is 6.20. The van der Waals surface area contributed by atoms with Crippen molar-refractivity contribution < 1.29 is 14.4 Å². The Labute approximate surface area is 154 Å². The second-order valence-corrected chi connectivity index (χ2v) is 8.49. The van der Waals surface area contributed by atoms with E-state index in [0.29, 0.717) is 24.8 Å². The lowest BCUT2D eigenvalue weighted by molar-refractivity contribution is -0.116. The average Bonchev–Trinajstić information content (AvgIpc) is 3.23. The lowest BCUT2D eigenvalue weighted by atomic mass is 9.87. The Morgan fingerprint density at radius 2 is 2.00 bits per heavy atom. The fraction of sp³-hybridized carbons (Fsp3) is 0.750. The summed E-state index contributed by atoms with van der Waals surface area (Å²) in [6.07, 6.45) is 9.46. The van der Waals surface area contributed by atoms with E-state index in [2.05, 4.69) is 22.4 Å². The lowest BCUT2D eigenvalue weighted by Crippen LogP contribution is -2.31. The molecule has 142 valence electrons. The van der Waals surface area contributed by atoms with Crippen molar-refractivity contribution in [1.29, 1.82) is 0 Å². The molecule has 3 aliphatic carbocycles. The molecule has 1 aromatic heterocycles. The van der Waals surface area contributed by atoms with Crippen molar-refractivity contribution in [2.45, 2.75) is 76.2 Å². The number of aliphatic hydroxyl groups is 1. The Bertz CT molecular complexity index is 670. The lowest BCUT2D eigenvalue weighted by Gasteiger charge is -2.20. The molecule has 1 amide bonds. The summed E-state index contributed by atoms with van der Waals surface area (Å²) in [6, 6.07) is 0. The number of allylic oxidation sites excluding steroid dienone is 1. The van der Waals surface area contributed by atoms with Crippen molar-refractivity contribution >= 4 is 5.91 Å². The van der Waals surface area contributed by atoms with Crippen LogP contribution in [0.25, 0.3) is 0 Å². The Morgan fingerprint density at radius 1 is 1.23 bits per heavy atom. The first-order chi connectivity index (χ1) is 12.6. The molecule has 4 rings (SSSR count). The van der Waals surface area contributed by atoms with E-state index in [1.54, 1.807) is 6.08 Å². The molecule has 3 saturated carbocycles. The minimum absolute atomic E-state index is 0.0287. The first-order valence-corrected chi connectivity index (χ1v) is 10.1. The van der Waals surface area contributed by atoms with Gasteiger partial charge in [0.15, 0.2) is 5.82 Å². The molecule has 1 heterocycles. The number of amides is 1. The zero-order chi connectivity index (χ0) is 18.1. The van der Waals surface area contributed by atoms with Crippen LogP contribution in [0.1, 0.15) is 81.8 Å². The van der Waals surface area contributed by atoms with Gasteiger partial charge in [-0.05, 0) is 57.3 Å². The number of hydrogen-bond acceptors (Lipinski definition) is 5. The van der Waals surface area contributed by atoms with Crippen LogP contribution < -0.4 is 5.32 Å². The van der Waals surface area contributed by atoms with Gasteiger partial charge in [0.1, 0.15) is 0 Å². The monoisotopic (exact) mass is 359 g/mol. The molecule has 0 bridgehead atoms. The highest BCUT2D eigenvalue weighted by Crippen LogP contribution is 2.41. The summed E-state index contributed by atoms with van der Waals surface area (Å²) in [5, 5.41) is 17.4. The fourth-order valence-corrected chi connectivity index (χ4v) is 4.19. The number of rotatable bonds is 5. The quantitative estimate of drug-likeness (QED) is 0.789. The fourth-order valence-electron chi connectivity index (χ4n) is 4.19. The molecule has 1 aromatic rings. The molecule has 2 N–H and O–H groups in total. The molecule has 6 nitrogen and oxygen atoms in total. The summed E-state index contributed by atoms with van der Waals surface area (Å²) in [6.45, 7) is 2.77. The Hall–Kier alpha value is -1.69. The highest BCUT2D eigenvalue weighted by molar-refractivity contribution is 5.88. The molecular formula is C20H29N3O3. The van der Waals surface area contributed by atoms with Crippen molar-refractivity contribution in [3.05, 3.63) is 23.4 Å². The van der Waals surface area contributed by atoms with Gasteiger partial charge in [-0.25, -0.2) is 0 Å². The molecule has 0 radical (unpaired) electrons. The van der Waals surface area contributed by atoms with Gasteiger partial charge in [0.05, 0.1) is 6.10 Å². The Kier molecular flexibility index (Phi) is 5.11. The zero-order valence-electron chi connectivity index (χ0n) is 15.5. The van der Waals surface area contributed by atoms with Crippen LogP contribution >= 0.6 is 0 Å². The first-order valence-electron chi connectivity index (χ1n) is 10.1. The van der Waals surface area contributed by atoms with E-state index in [0.717, 1.165) is 43.8 Å². The summed E-state index contributed by atoms with van der Waals surface area (Å²) in [5.74, 6) is 2.84. The van der Waals surface area contributed by atoms with Crippen LogP contribution in [0.15, 0.2) is 16.2 Å². The number of hydrogen-bond donors (Lipinski definition) is 2. The van der Waals surface area contributed by atoms with Crippen LogP contribution in [0.4, 0.5) is 0 Å². The van der Waals surface area contributed by atoms with E-state index in [1.165, 1.54) is 18.4 Å². The molecule has 0 spiro atoms. The number of aliphatic hydroxyl groups excluding tert-OH is 1. The van der Waals surface area contributed by atoms with Crippen LogP contribution in [0, 0.1) is 11.8 Å². The molecule has 0 aliphatic heterocycles. The van der Waals surface area contributed by atoms with Gasteiger partial charge in [-0.2, -0.15) is 4.98 Å². The van der Waals surface area contributed by atoms with Gasteiger partial charge < -0.3 is 14.9 Å². The third kappa shape index (κ3) is 4.17. The topological polar surface area (TPSA) is 88.3 Å². The number of carbonyl (C=O) groups is 1. The normalized spacial score (nSPS) is 31.8. The van der Waals surface area contributed by atoms with E-state index < -0.39 is 6.10 Å². The smallest absolute Gasteiger partial charge is 0.243 e. The zero-order valence-corrected chi connectivity index (χ0v) is 15.5. The van der Waals surface area contributed by atoms with E-state index >= 15 is 0 Å². The SMILES string of the molecule is CC1CCC(=CC(=O)NC[C@H]2C[C@H](c3nc(C4CC4)no3)C[C@H]2O)CC1. The standard InChI is InChI=1S/C20H29N3O3/c1-12-2-4-13(5-3-12)8-18(25)21-11-16-9-15(10-17(16)24)20-22-19(23-26-20)14-6-7-14/h8,12,14-17,24H,2-7,9-11H2,1H3,(H,21,25)/t12?,15-,16+,17+/m0/s1. The molecule has 26 heavy (non-hydrogen) atoms. The predicted molar refractivity (Wildman–Crippen MR) is 96.5 cm³/mol. The van der Waals surface area contributed by atoms with Gasteiger partial charge in [0.25, 0.3) is 0 Å². The van der Waals surface area contributed by atoms with E-state index in [4.69, 9.17) is 4.52 Å². The minimum Gasteiger partial charge on any atom is -0.393 e. The Balaban J connectivity index is 1.27. The second kappa shape index (κ2) is 7.51. The minimum atomic E-state index is -0.431. The number of aromatic nitrogens is 2. The second-order valence-electron chi connectivity index (χ2n) is 8.49. The largest absolute Gasteiger partial charge is 0.393 e. The van der Waals surface area contributed by atoms with E-state index in [-0.39, 0.29) is 17.7 Å². The maximum absolute atomic E-state index is 12.2. The van der Waals surface area contributed by atoms with Crippen LogP contribution in [-0.4, -0.2) is 33.8 Å². The van der Waals surface area contributed by atoms with Crippen LogP contribution in [0.5, 0.6) is 0 Å². The third-order valence-electron chi connectivity index (χ3n) is 6.20. The van der Waals surface area contributed by atoms with Gasteiger partial charge in [0, 0.05) is 30.4 Å². The maximum Gasteiger partial charge on any atom is 0.243 e. The van der Waals surface area contributed by atoms with Crippen molar-refractivity contribution in [1.82, 2.24) is 15.5 Å². The van der Waals surface area contributed by atoms with E-state index in [9.17, 15) is 9.90 Å². The van der Waals surface area contributed by atoms with Gasteiger partial charge in [-0.1, -0.05) is 17.7 Å². The summed E-state index contributed by atoms with van der Waals surface area (Å²) >= 11 is 0. The molecule has 3 fully saturated rings. The summed E-state index contributed by atoms with van der Waals surface area (Å²) in [5.41, 5.74) is 1.25. The maximum atomic E-state index is 12.2. The highest BCUT2D eigenvalue weighted by atomic mass is 16.5. The van der Waals surface area contributed by atoms with Crippen molar-refractivity contribution in [3.8, 4) is 0 Å². The highest BCUT2D eigenvalue weighted by Gasteiger charge is 2.38. The summed E-state index contributed by atoms with van der Waals surface area (Å²) in [4.78, 5) is 16.7. The predicted octanol–water partition coefficient (Wildman–Crippen LogP) is 3.05. The van der Waals surface area contributed by atoms with Gasteiger partial charge in [-0.3, -0.25) is 4.79 Å². The molecule has 0 aromatic carbocycles. The number of nitrogens with zero attached hydrogens (tertiary/aromatic N) is 2. The van der Waals surface area contributed by atoms with Crippen molar-refractivity contribution in [3.63, 3.8) is 0 Å².